The van der Waals surface area contributed by atoms with Crippen molar-refractivity contribution in [2.45, 2.75) is 64.3 Å². The van der Waals surface area contributed by atoms with Gasteiger partial charge in [-0.3, -0.25) is 0 Å². The molecule has 0 radical (unpaired) electrons. The van der Waals surface area contributed by atoms with Crippen molar-refractivity contribution in [2.75, 3.05) is 19.8 Å². The Hall–Kier alpha value is -0.0800. The SMILES string of the molecule is CC(NCCOCC1CCCCCC1)C1CC1. The monoisotopic (exact) mass is 239 g/mol. The molecule has 100 valence electrons. The van der Waals surface area contributed by atoms with E-state index in [2.05, 4.69) is 12.2 Å². The van der Waals surface area contributed by atoms with E-state index in [9.17, 15) is 0 Å². The van der Waals surface area contributed by atoms with Crippen molar-refractivity contribution in [1.29, 1.82) is 0 Å². The molecule has 0 aromatic heterocycles. The molecule has 2 fully saturated rings. The first kappa shape index (κ1) is 13.4. The Morgan fingerprint density at radius 3 is 2.41 bits per heavy atom. The zero-order valence-electron chi connectivity index (χ0n) is 11.4. The van der Waals surface area contributed by atoms with Crippen molar-refractivity contribution in [2.24, 2.45) is 11.8 Å². The summed E-state index contributed by atoms with van der Waals surface area (Å²) in [6.45, 7) is 5.24. The van der Waals surface area contributed by atoms with Crippen LogP contribution in [0.5, 0.6) is 0 Å². The van der Waals surface area contributed by atoms with Crippen LogP contribution in [-0.4, -0.2) is 25.8 Å². The Morgan fingerprint density at radius 1 is 1.06 bits per heavy atom. The van der Waals surface area contributed by atoms with Gasteiger partial charge >= 0.3 is 0 Å². The molecule has 1 atom stereocenters. The second-order valence-electron chi connectivity index (χ2n) is 6.01. The maximum Gasteiger partial charge on any atom is 0.0591 e. The van der Waals surface area contributed by atoms with Gasteiger partial charge in [-0.1, -0.05) is 25.7 Å². The third-order valence-corrected chi connectivity index (χ3v) is 4.37. The predicted molar refractivity (Wildman–Crippen MR) is 72.2 cm³/mol. The Morgan fingerprint density at radius 2 is 1.76 bits per heavy atom. The summed E-state index contributed by atoms with van der Waals surface area (Å²) in [6.07, 6.45) is 11.4. The van der Waals surface area contributed by atoms with Gasteiger partial charge in [-0.05, 0) is 44.4 Å². The third kappa shape index (κ3) is 5.39. The fourth-order valence-corrected chi connectivity index (χ4v) is 2.90. The molecule has 0 bridgehead atoms. The zero-order chi connectivity index (χ0) is 11.9. The summed E-state index contributed by atoms with van der Waals surface area (Å²) >= 11 is 0. The van der Waals surface area contributed by atoms with E-state index in [1.807, 2.05) is 0 Å². The fourth-order valence-electron chi connectivity index (χ4n) is 2.90. The molecule has 0 spiro atoms. The summed E-state index contributed by atoms with van der Waals surface area (Å²) in [5.74, 6) is 1.80. The molecule has 2 aliphatic rings. The standard InChI is InChI=1S/C15H29NO/c1-13(15-8-9-15)16-10-11-17-12-14-6-4-2-3-5-7-14/h13-16H,2-12H2,1H3. The average Bonchev–Trinajstić information content (AvgIpc) is 3.16. The predicted octanol–water partition coefficient (Wildman–Crippen LogP) is 3.36. The average molecular weight is 239 g/mol. The van der Waals surface area contributed by atoms with Gasteiger partial charge in [0, 0.05) is 19.2 Å². The van der Waals surface area contributed by atoms with E-state index in [0.29, 0.717) is 6.04 Å². The zero-order valence-corrected chi connectivity index (χ0v) is 11.4. The molecular weight excluding hydrogens is 210 g/mol. The van der Waals surface area contributed by atoms with Crippen molar-refractivity contribution in [3.8, 4) is 0 Å². The molecule has 0 heterocycles. The molecule has 0 aliphatic heterocycles. The van der Waals surface area contributed by atoms with Gasteiger partial charge in [0.05, 0.1) is 6.61 Å². The Balaban J connectivity index is 1.44. The van der Waals surface area contributed by atoms with E-state index in [0.717, 1.165) is 31.6 Å². The van der Waals surface area contributed by atoms with Crippen LogP contribution >= 0.6 is 0 Å². The van der Waals surface area contributed by atoms with Crippen LogP contribution in [0.2, 0.25) is 0 Å². The summed E-state index contributed by atoms with van der Waals surface area (Å²) in [4.78, 5) is 0. The number of nitrogens with one attached hydrogen (secondary N) is 1. The van der Waals surface area contributed by atoms with Crippen molar-refractivity contribution < 1.29 is 4.74 Å². The topological polar surface area (TPSA) is 21.3 Å². The van der Waals surface area contributed by atoms with Gasteiger partial charge in [0.15, 0.2) is 0 Å². The van der Waals surface area contributed by atoms with Crippen molar-refractivity contribution >= 4 is 0 Å². The van der Waals surface area contributed by atoms with Crippen molar-refractivity contribution in [3.05, 3.63) is 0 Å². The Labute approximate surface area is 107 Å². The highest BCUT2D eigenvalue weighted by Gasteiger charge is 2.27. The highest BCUT2D eigenvalue weighted by molar-refractivity contribution is 4.82. The second-order valence-corrected chi connectivity index (χ2v) is 6.01. The Kier molecular flexibility index (Phi) is 5.79. The summed E-state index contributed by atoms with van der Waals surface area (Å²) < 4.78 is 5.82. The van der Waals surface area contributed by atoms with Gasteiger partial charge < -0.3 is 10.1 Å². The van der Waals surface area contributed by atoms with Crippen molar-refractivity contribution in [3.63, 3.8) is 0 Å². The fraction of sp³-hybridized carbons (Fsp3) is 1.00. The first-order chi connectivity index (χ1) is 8.36. The van der Waals surface area contributed by atoms with Crippen LogP contribution in [-0.2, 0) is 4.74 Å². The lowest BCUT2D eigenvalue weighted by Crippen LogP contribution is -2.31. The van der Waals surface area contributed by atoms with Gasteiger partial charge in [0.2, 0.25) is 0 Å². The quantitative estimate of drug-likeness (QED) is 0.543. The highest BCUT2D eigenvalue weighted by atomic mass is 16.5. The number of ether oxygens (including phenoxy) is 1. The van der Waals surface area contributed by atoms with Crippen LogP contribution in [0.3, 0.4) is 0 Å². The first-order valence-corrected chi connectivity index (χ1v) is 7.67. The minimum atomic E-state index is 0.705. The smallest absolute Gasteiger partial charge is 0.0591 e. The van der Waals surface area contributed by atoms with E-state index in [1.54, 1.807) is 0 Å². The van der Waals surface area contributed by atoms with Gasteiger partial charge in [-0.25, -0.2) is 0 Å². The summed E-state index contributed by atoms with van der Waals surface area (Å²) in [7, 11) is 0. The maximum absolute atomic E-state index is 5.82. The summed E-state index contributed by atoms with van der Waals surface area (Å²) in [5.41, 5.74) is 0. The molecule has 2 rings (SSSR count). The molecule has 2 saturated carbocycles. The number of rotatable bonds is 7. The third-order valence-electron chi connectivity index (χ3n) is 4.37. The summed E-state index contributed by atoms with van der Waals surface area (Å²) in [5, 5.41) is 3.57. The summed E-state index contributed by atoms with van der Waals surface area (Å²) in [6, 6.07) is 0.705. The normalized spacial score (nSPS) is 24.5. The van der Waals surface area contributed by atoms with Gasteiger partial charge in [0.1, 0.15) is 0 Å². The molecule has 0 amide bonds. The van der Waals surface area contributed by atoms with Crippen molar-refractivity contribution in [1.82, 2.24) is 5.32 Å². The molecule has 1 N–H and O–H groups in total. The first-order valence-electron chi connectivity index (χ1n) is 7.67. The van der Waals surface area contributed by atoms with E-state index in [4.69, 9.17) is 4.74 Å². The molecule has 1 unspecified atom stereocenters. The van der Waals surface area contributed by atoms with Crippen LogP contribution in [0.4, 0.5) is 0 Å². The minimum Gasteiger partial charge on any atom is -0.380 e. The molecule has 0 aromatic carbocycles. The second kappa shape index (κ2) is 7.38. The number of hydrogen-bond acceptors (Lipinski definition) is 2. The van der Waals surface area contributed by atoms with Crippen LogP contribution in [0.1, 0.15) is 58.3 Å². The molecule has 0 aromatic rings. The number of hydrogen-bond donors (Lipinski definition) is 1. The molecule has 17 heavy (non-hydrogen) atoms. The Bertz CT molecular complexity index is 195. The lowest BCUT2D eigenvalue weighted by Gasteiger charge is -2.16. The van der Waals surface area contributed by atoms with Crippen LogP contribution in [0, 0.1) is 11.8 Å². The van der Waals surface area contributed by atoms with Gasteiger partial charge in [0.25, 0.3) is 0 Å². The molecule has 2 aliphatic carbocycles. The lowest BCUT2D eigenvalue weighted by molar-refractivity contribution is 0.0940. The molecule has 2 nitrogen and oxygen atoms in total. The molecular formula is C15H29NO. The maximum atomic E-state index is 5.82. The van der Waals surface area contributed by atoms with Crippen LogP contribution in [0.25, 0.3) is 0 Å². The van der Waals surface area contributed by atoms with Gasteiger partial charge in [-0.2, -0.15) is 0 Å². The van der Waals surface area contributed by atoms with E-state index >= 15 is 0 Å². The van der Waals surface area contributed by atoms with E-state index in [1.165, 1.54) is 51.4 Å². The molecule has 2 heteroatoms. The van der Waals surface area contributed by atoms with Gasteiger partial charge in [-0.15, -0.1) is 0 Å². The minimum absolute atomic E-state index is 0.705. The largest absolute Gasteiger partial charge is 0.380 e. The van der Waals surface area contributed by atoms with Crippen LogP contribution in [0.15, 0.2) is 0 Å². The van der Waals surface area contributed by atoms with E-state index in [-0.39, 0.29) is 0 Å². The van der Waals surface area contributed by atoms with Crippen LogP contribution < -0.4 is 5.32 Å². The molecule has 0 saturated heterocycles. The van der Waals surface area contributed by atoms with E-state index < -0.39 is 0 Å². The lowest BCUT2D eigenvalue weighted by atomic mass is 10.0. The highest BCUT2D eigenvalue weighted by Crippen LogP contribution is 2.32.